The molecule has 1 atom stereocenters. The highest BCUT2D eigenvalue weighted by Gasteiger charge is 2.20. The molecule has 0 saturated heterocycles. The molecule has 0 saturated carbocycles. The Kier molecular flexibility index (Phi) is 7.92. The van der Waals surface area contributed by atoms with Crippen LogP contribution in [0.4, 0.5) is 0 Å². The lowest BCUT2D eigenvalue weighted by molar-refractivity contribution is -0.141. The van der Waals surface area contributed by atoms with E-state index in [1.54, 1.807) is 30.3 Å². The fraction of sp³-hybridized carbons (Fsp3) is 0.333. The normalized spacial score (nSPS) is 11.2. The van der Waals surface area contributed by atoms with Crippen LogP contribution in [0.1, 0.15) is 5.56 Å². The summed E-state index contributed by atoms with van der Waals surface area (Å²) in [5.41, 5.74) is 5.83. The molecule has 130 valence electrons. The first-order chi connectivity index (χ1) is 11.4. The molecule has 0 unspecified atom stereocenters. The maximum atomic E-state index is 11.8. The average molecular weight is 336 g/mol. The second kappa shape index (κ2) is 9.95. The molecular formula is C15H20N4O5. The molecule has 0 heterocycles. The van der Waals surface area contributed by atoms with Crippen LogP contribution in [0.25, 0.3) is 0 Å². The zero-order valence-corrected chi connectivity index (χ0v) is 13.0. The van der Waals surface area contributed by atoms with Gasteiger partial charge in [-0.2, -0.15) is 0 Å². The van der Waals surface area contributed by atoms with Gasteiger partial charge in [-0.3, -0.25) is 14.4 Å². The lowest BCUT2D eigenvalue weighted by Gasteiger charge is -2.15. The van der Waals surface area contributed by atoms with Gasteiger partial charge in [-0.15, -0.1) is 0 Å². The van der Waals surface area contributed by atoms with Gasteiger partial charge < -0.3 is 26.8 Å². The Hall–Kier alpha value is -2.94. The lowest BCUT2D eigenvalue weighted by atomic mass is 10.1. The summed E-state index contributed by atoms with van der Waals surface area (Å²) < 4.78 is 0. The van der Waals surface area contributed by atoms with E-state index in [1.165, 1.54) is 0 Å². The Bertz CT molecular complexity index is 591. The first-order valence-corrected chi connectivity index (χ1v) is 7.22. The fourth-order valence-electron chi connectivity index (χ4n) is 1.79. The Morgan fingerprint density at radius 2 is 1.54 bits per heavy atom. The smallest absolute Gasteiger partial charge is 0.326 e. The molecule has 0 spiro atoms. The minimum absolute atomic E-state index is 0.127. The van der Waals surface area contributed by atoms with Gasteiger partial charge in [-0.1, -0.05) is 30.3 Å². The van der Waals surface area contributed by atoms with E-state index in [0.29, 0.717) is 0 Å². The standard InChI is InChI=1S/C15H20N4O5/c16-7-12(20)17-8-13(21)18-9-14(22)19-11(15(23)24)6-10-4-2-1-3-5-10/h1-5,11H,6-9,16H2,(H,17,20)(H,18,21)(H,19,22)(H,23,24)/t11-/m0/s1. The van der Waals surface area contributed by atoms with Crippen LogP contribution in [0.2, 0.25) is 0 Å². The van der Waals surface area contributed by atoms with E-state index in [0.717, 1.165) is 5.56 Å². The topological polar surface area (TPSA) is 151 Å². The number of aliphatic carboxylic acids is 1. The maximum Gasteiger partial charge on any atom is 0.326 e. The highest BCUT2D eigenvalue weighted by Crippen LogP contribution is 2.03. The summed E-state index contributed by atoms with van der Waals surface area (Å²) in [6.07, 6.45) is 0.127. The first kappa shape index (κ1) is 19.1. The van der Waals surface area contributed by atoms with Crippen molar-refractivity contribution >= 4 is 23.7 Å². The zero-order chi connectivity index (χ0) is 17.9. The average Bonchev–Trinajstić information content (AvgIpc) is 2.58. The third-order valence-corrected chi connectivity index (χ3v) is 2.99. The molecule has 9 nitrogen and oxygen atoms in total. The van der Waals surface area contributed by atoms with Crippen LogP contribution in [0.15, 0.2) is 30.3 Å². The molecule has 0 aliphatic rings. The Morgan fingerprint density at radius 3 is 2.12 bits per heavy atom. The van der Waals surface area contributed by atoms with E-state index in [9.17, 15) is 24.3 Å². The first-order valence-electron chi connectivity index (χ1n) is 7.22. The summed E-state index contributed by atoms with van der Waals surface area (Å²) in [5.74, 6) is -2.89. The monoisotopic (exact) mass is 336 g/mol. The van der Waals surface area contributed by atoms with Crippen molar-refractivity contribution in [1.29, 1.82) is 0 Å². The molecular weight excluding hydrogens is 316 g/mol. The fourth-order valence-corrected chi connectivity index (χ4v) is 1.79. The molecule has 1 aromatic carbocycles. The number of carbonyl (C=O) groups excluding carboxylic acids is 3. The van der Waals surface area contributed by atoms with Gasteiger partial charge in [0.15, 0.2) is 0 Å². The van der Waals surface area contributed by atoms with Crippen LogP contribution in [0, 0.1) is 0 Å². The van der Waals surface area contributed by atoms with Crippen molar-refractivity contribution in [2.24, 2.45) is 5.73 Å². The van der Waals surface area contributed by atoms with Crippen molar-refractivity contribution < 1.29 is 24.3 Å². The quantitative estimate of drug-likeness (QED) is 0.351. The number of carbonyl (C=O) groups is 4. The van der Waals surface area contributed by atoms with Gasteiger partial charge in [0.25, 0.3) is 0 Å². The summed E-state index contributed by atoms with van der Waals surface area (Å²) in [7, 11) is 0. The number of carboxylic acid groups (broad SMARTS) is 1. The number of carboxylic acids is 1. The number of amides is 3. The summed E-state index contributed by atoms with van der Waals surface area (Å²) >= 11 is 0. The van der Waals surface area contributed by atoms with Gasteiger partial charge in [0, 0.05) is 6.42 Å². The van der Waals surface area contributed by atoms with Crippen LogP contribution in [-0.2, 0) is 25.6 Å². The van der Waals surface area contributed by atoms with E-state index >= 15 is 0 Å². The molecule has 1 aromatic rings. The largest absolute Gasteiger partial charge is 0.480 e. The molecule has 0 fully saturated rings. The van der Waals surface area contributed by atoms with Crippen molar-refractivity contribution in [3.05, 3.63) is 35.9 Å². The lowest BCUT2D eigenvalue weighted by Crippen LogP contribution is -2.48. The molecule has 1 rings (SSSR count). The number of hydrogen-bond donors (Lipinski definition) is 5. The van der Waals surface area contributed by atoms with Gasteiger partial charge in [0.1, 0.15) is 6.04 Å². The van der Waals surface area contributed by atoms with Crippen molar-refractivity contribution in [2.75, 3.05) is 19.6 Å². The molecule has 0 radical (unpaired) electrons. The van der Waals surface area contributed by atoms with Gasteiger partial charge in [0.2, 0.25) is 17.7 Å². The highest BCUT2D eigenvalue weighted by atomic mass is 16.4. The highest BCUT2D eigenvalue weighted by molar-refractivity contribution is 5.90. The van der Waals surface area contributed by atoms with Crippen LogP contribution < -0.4 is 21.7 Å². The second-order valence-corrected chi connectivity index (χ2v) is 4.91. The summed E-state index contributed by atoms with van der Waals surface area (Å²) in [4.78, 5) is 45.3. The Balaban J connectivity index is 2.41. The summed E-state index contributed by atoms with van der Waals surface area (Å²) in [5, 5.41) is 16.0. The molecule has 0 bridgehead atoms. The van der Waals surface area contributed by atoms with Gasteiger partial charge in [0.05, 0.1) is 19.6 Å². The Morgan fingerprint density at radius 1 is 0.958 bits per heavy atom. The van der Waals surface area contributed by atoms with Crippen molar-refractivity contribution in [2.45, 2.75) is 12.5 Å². The zero-order valence-electron chi connectivity index (χ0n) is 13.0. The second-order valence-electron chi connectivity index (χ2n) is 4.91. The number of hydrogen-bond acceptors (Lipinski definition) is 5. The molecule has 3 amide bonds. The summed E-state index contributed by atoms with van der Waals surface area (Å²) in [6.45, 7) is -0.945. The van der Waals surface area contributed by atoms with Crippen LogP contribution in [-0.4, -0.2) is 54.5 Å². The van der Waals surface area contributed by atoms with Crippen molar-refractivity contribution in [1.82, 2.24) is 16.0 Å². The van der Waals surface area contributed by atoms with Gasteiger partial charge in [-0.05, 0) is 5.56 Å². The minimum Gasteiger partial charge on any atom is -0.480 e. The minimum atomic E-state index is -1.17. The predicted octanol–water partition coefficient (Wildman–Crippen LogP) is -2.01. The number of nitrogens with one attached hydrogen (secondary N) is 3. The van der Waals surface area contributed by atoms with Crippen LogP contribution in [0.3, 0.4) is 0 Å². The van der Waals surface area contributed by atoms with E-state index in [4.69, 9.17) is 5.73 Å². The van der Waals surface area contributed by atoms with E-state index in [1.807, 2.05) is 0 Å². The van der Waals surface area contributed by atoms with Crippen molar-refractivity contribution in [3.8, 4) is 0 Å². The number of benzene rings is 1. The van der Waals surface area contributed by atoms with Crippen LogP contribution in [0.5, 0.6) is 0 Å². The van der Waals surface area contributed by atoms with E-state index < -0.39 is 36.3 Å². The number of nitrogens with two attached hydrogens (primary N) is 1. The molecule has 0 aliphatic carbocycles. The van der Waals surface area contributed by atoms with E-state index in [-0.39, 0.29) is 19.5 Å². The maximum absolute atomic E-state index is 11.8. The van der Waals surface area contributed by atoms with Gasteiger partial charge >= 0.3 is 5.97 Å². The predicted molar refractivity (Wildman–Crippen MR) is 84.8 cm³/mol. The number of rotatable bonds is 9. The van der Waals surface area contributed by atoms with Crippen LogP contribution >= 0.6 is 0 Å². The molecule has 0 aromatic heterocycles. The molecule has 0 aliphatic heterocycles. The third-order valence-electron chi connectivity index (χ3n) is 2.99. The Labute approximate surface area is 138 Å². The van der Waals surface area contributed by atoms with Crippen molar-refractivity contribution in [3.63, 3.8) is 0 Å². The molecule has 6 N–H and O–H groups in total. The SMILES string of the molecule is NCC(=O)NCC(=O)NCC(=O)N[C@@H](Cc1ccccc1)C(=O)O. The molecule has 9 heteroatoms. The van der Waals surface area contributed by atoms with Gasteiger partial charge in [-0.25, -0.2) is 4.79 Å². The van der Waals surface area contributed by atoms with E-state index in [2.05, 4.69) is 16.0 Å². The third kappa shape index (κ3) is 7.36. The molecule has 24 heavy (non-hydrogen) atoms. The summed E-state index contributed by atoms with van der Waals surface area (Å²) in [6, 6.07) is 7.75.